The summed E-state index contributed by atoms with van der Waals surface area (Å²) in [6.07, 6.45) is 2.40. The maximum Gasteiger partial charge on any atom is 0.262 e. The third-order valence-electron chi connectivity index (χ3n) is 3.47. The number of carbonyl (C=O) groups excluding carboxylic acids is 1. The fourth-order valence-corrected chi connectivity index (χ4v) is 3.25. The van der Waals surface area contributed by atoms with Crippen molar-refractivity contribution >= 4 is 17.2 Å². The van der Waals surface area contributed by atoms with Gasteiger partial charge in [0.25, 0.3) is 5.91 Å². The van der Waals surface area contributed by atoms with E-state index in [1.165, 1.54) is 24.2 Å². The van der Waals surface area contributed by atoms with E-state index in [1.54, 1.807) is 0 Å². The lowest BCUT2D eigenvalue weighted by atomic mass is 9.98. The van der Waals surface area contributed by atoms with Crippen molar-refractivity contribution in [2.75, 3.05) is 33.2 Å². The first-order valence-corrected chi connectivity index (χ1v) is 7.82. The van der Waals surface area contributed by atoms with Gasteiger partial charge in [-0.2, -0.15) is 0 Å². The molecule has 2 rings (SSSR count). The largest absolute Gasteiger partial charge is 0.351 e. The summed E-state index contributed by atoms with van der Waals surface area (Å²) in [4.78, 5) is 15.2. The van der Waals surface area contributed by atoms with Crippen LogP contribution >= 0.6 is 11.3 Å². The number of likely N-dealkylation sites (tertiary alicyclic amines) is 1. The zero-order valence-electron chi connectivity index (χ0n) is 11.8. The van der Waals surface area contributed by atoms with Crippen LogP contribution in [0.15, 0.2) is 11.4 Å². The molecule has 1 amide bonds. The van der Waals surface area contributed by atoms with Gasteiger partial charge in [-0.15, -0.1) is 11.3 Å². The molecule has 5 heteroatoms. The molecule has 20 heavy (non-hydrogen) atoms. The third-order valence-corrected chi connectivity index (χ3v) is 4.38. The summed E-state index contributed by atoms with van der Waals surface area (Å²) in [5, 5.41) is 4.93. The van der Waals surface area contributed by atoms with Gasteiger partial charge in [0.05, 0.1) is 6.54 Å². The average molecular weight is 291 g/mol. The monoisotopic (exact) mass is 291 g/mol. The summed E-state index contributed by atoms with van der Waals surface area (Å²) >= 11 is 1.43. The molecule has 0 spiro atoms. The van der Waals surface area contributed by atoms with E-state index in [1.807, 2.05) is 11.4 Å². The minimum atomic E-state index is -0.0189. The maximum absolute atomic E-state index is 12.2. The SMILES string of the molecule is CN1CCCC(CNC(=O)c2sccc2C#CCN)C1. The van der Waals surface area contributed by atoms with Crippen LogP contribution < -0.4 is 11.1 Å². The van der Waals surface area contributed by atoms with Crippen molar-refractivity contribution in [2.45, 2.75) is 12.8 Å². The number of nitrogens with one attached hydrogen (secondary N) is 1. The Labute approximate surface area is 124 Å². The van der Waals surface area contributed by atoms with Gasteiger partial charge in [-0.3, -0.25) is 4.79 Å². The maximum atomic E-state index is 12.2. The van der Waals surface area contributed by atoms with Crippen LogP contribution in [0.1, 0.15) is 28.1 Å². The summed E-state index contributed by atoms with van der Waals surface area (Å²) in [7, 11) is 2.13. The van der Waals surface area contributed by atoms with E-state index in [0.29, 0.717) is 17.3 Å². The Bertz CT molecular complexity index is 515. The van der Waals surface area contributed by atoms with Crippen molar-refractivity contribution in [3.05, 3.63) is 21.9 Å². The summed E-state index contributed by atoms with van der Waals surface area (Å²) in [6, 6.07) is 1.87. The highest BCUT2D eigenvalue weighted by molar-refractivity contribution is 7.12. The molecule has 1 aromatic heterocycles. The van der Waals surface area contributed by atoms with Gasteiger partial charge in [0.1, 0.15) is 4.88 Å². The van der Waals surface area contributed by atoms with E-state index in [9.17, 15) is 4.79 Å². The van der Waals surface area contributed by atoms with Gasteiger partial charge in [-0.25, -0.2) is 0 Å². The van der Waals surface area contributed by atoms with Gasteiger partial charge in [0.15, 0.2) is 0 Å². The second-order valence-corrected chi connectivity index (χ2v) is 6.07. The first-order valence-electron chi connectivity index (χ1n) is 6.94. The molecule has 1 unspecified atom stereocenters. The van der Waals surface area contributed by atoms with E-state index in [-0.39, 0.29) is 5.91 Å². The van der Waals surface area contributed by atoms with Crippen molar-refractivity contribution in [3.63, 3.8) is 0 Å². The molecular weight excluding hydrogens is 270 g/mol. The van der Waals surface area contributed by atoms with Gasteiger partial charge in [0.2, 0.25) is 0 Å². The van der Waals surface area contributed by atoms with E-state index in [0.717, 1.165) is 25.2 Å². The highest BCUT2D eigenvalue weighted by Crippen LogP contribution is 2.17. The van der Waals surface area contributed by atoms with Crippen LogP contribution in [-0.4, -0.2) is 44.0 Å². The molecule has 1 fully saturated rings. The predicted molar refractivity (Wildman–Crippen MR) is 82.8 cm³/mol. The normalized spacial score (nSPS) is 19.2. The van der Waals surface area contributed by atoms with Crippen molar-refractivity contribution in [1.82, 2.24) is 10.2 Å². The van der Waals surface area contributed by atoms with Crippen molar-refractivity contribution in [2.24, 2.45) is 11.7 Å². The van der Waals surface area contributed by atoms with Crippen molar-refractivity contribution in [1.29, 1.82) is 0 Å². The molecule has 1 atom stereocenters. The Kier molecular flexibility index (Phi) is 5.60. The lowest BCUT2D eigenvalue weighted by Crippen LogP contribution is -2.39. The molecule has 0 bridgehead atoms. The molecule has 0 saturated carbocycles. The average Bonchev–Trinajstić information content (AvgIpc) is 2.91. The Balaban J connectivity index is 1.90. The molecular formula is C15H21N3OS. The number of nitrogens with zero attached hydrogens (tertiary/aromatic N) is 1. The Morgan fingerprint density at radius 2 is 2.50 bits per heavy atom. The second kappa shape index (κ2) is 7.44. The molecule has 1 saturated heterocycles. The summed E-state index contributed by atoms with van der Waals surface area (Å²) in [5.41, 5.74) is 6.14. The molecule has 4 nitrogen and oxygen atoms in total. The van der Waals surface area contributed by atoms with Gasteiger partial charge >= 0.3 is 0 Å². The van der Waals surface area contributed by atoms with Crippen molar-refractivity contribution < 1.29 is 4.79 Å². The number of nitrogens with two attached hydrogens (primary N) is 1. The molecule has 1 aliphatic heterocycles. The van der Waals surface area contributed by atoms with Crippen molar-refractivity contribution in [3.8, 4) is 11.8 Å². The van der Waals surface area contributed by atoms with Crippen LogP contribution in [0, 0.1) is 17.8 Å². The van der Waals surface area contributed by atoms with Crippen LogP contribution in [0.25, 0.3) is 0 Å². The van der Waals surface area contributed by atoms with Crippen LogP contribution in [0.4, 0.5) is 0 Å². The number of rotatable bonds is 3. The number of carbonyl (C=O) groups is 1. The fraction of sp³-hybridized carbons (Fsp3) is 0.533. The minimum Gasteiger partial charge on any atom is -0.351 e. The highest BCUT2D eigenvalue weighted by Gasteiger charge is 2.19. The van der Waals surface area contributed by atoms with E-state index < -0.39 is 0 Å². The van der Waals surface area contributed by atoms with Crippen LogP contribution in [0.2, 0.25) is 0 Å². The highest BCUT2D eigenvalue weighted by atomic mass is 32.1. The summed E-state index contributed by atoms with van der Waals surface area (Å²) in [6.45, 7) is 3.27. The third kappa shape index (κ3) is 4.07. The summed E-state index contributed by atoms with van der Waals surface area (Å²) < 4.78 is 0. The quantitative estimate of drug-likeness (QED) is 0.821. The Hall–Kier alpha value is -1.35. The Morgan fingerprint density at radius 3 is 3.25 bits per heavy atom. The number of thiophene rings is 1. The molecule has 0 aromatic carbocycles. The van der Waals surface area contributed by atoms with E-state index in [4.69, 9.17) is 5.73 Å². The van der Waals surface area contributed by atoms with Gasteiger partial charge in [-0.1, -0.05) is 11.8 Å². The van der Waals surface area contributed by atoms with E-state index >= 15 is 0 Å². The lowest BCUT2D eigenvalue weighted by Gasteiger charge is -2.29. The summed E-state index contributed by atoms with van der Waals surface area (Å²) in [5.74, 6) is 6.27. The molecule has 1 aliphatic rings. The first-order chi connectivity index (χ1) is 9.70. The predicted octanol–water partition coefficient (Wildman–Crippen LogP) is 1.13. The molecule has 3 N–H and O–H groups in total. The molecule has 0 aliphatic carbocycles. The number of piperidine rings is 1. The molecule has 108 valence electrons. The Morgan fingerprint density at radius 1 is 1.65 bits per heavy atom. The number of hydrogen-bond acceptors (Lipinski definition) is 4. The van der Waals surface area contributed by atoms with Crippen LogP contribution in [0.5, 0.6) is 0 Å². The lowest BCUT2D eigenvalue weighted by molar-refractivity contribution is 0.0940. The standard InChI is InChI=1S/C15H21N3OS/c1-18-8-3-4-12(11-18)10-17-15(19)14-13(5-2-7-16)6-9-20-14/h6,9,12H,3-4,7-8,10-11,16H2,1H3,(H,17,19). The zero-order valence-corrected chi connectivity index (χ0v) is 12.6. The second-order valence-electron chi connectivity index (χ2n) is 5.15. The van der Waals surface area contributed by atoms with Crippen LogP contribution in [0.3, 0.4) is 0 Å². The van der Waals surface area contributed by atoms with Gasteiger partial charge in [0, 0.05) is 18.7 Å². The minimum absolute atomic E-state index is 0.0189. The molecule has 1 aromatic rings. The first kappa shape index (κ1) is 15.0. The topological polar surface area (TPSA) is 58.4 Å². The van der Waals surface area contributed by atoms with Gasteiger partial charge < -0.3 is 16.0 Å². The number of amides is 1. The smallest absolute Gasteiger partial charge is 0.262 e. The molecule has 2 heterocycles. The fourth-order valence-electron chi connectivity index (χ4n) is 2.49. The zero-order chi connectivity index (χ0) is 14.4. The molecule has 0 radical (unpaired) electrons. The van der Waals surface area contributed by atoms with Crippen LogP contribution in [-0.2, 0) is 0 Å². The van der Waals surface area contributed by atoms with E-state index in [2.05, 4.69) is 29.1 Å². The number of hydrogen-bond donors (Lipinski definition) is 2. The van der Waals surface area contributed by atoms with Gasteiger partial charge in [-0.05, 0) is 43.8 Å².